The van der Waals surface area contributed by atoms with E-state index >= 15 is 0 Å². The van der Waals surface area contributed by atoms with Gasteiger partial charge in [-0.25, -0.2) is 0 Å². The molecule has 0 aromatic carbocycles. The topological polar surface area (TPSA) is 40.5 Å². The third kappa shape index (κ3) is 2.97. The van der Waals surface area contributed by atoms with Crippen molar-refractivity contribution in [1.29, 1.82) is 0 Å². The van der Waals surface area contributed by atoms with Crippen LogP contribution in [0.5, 0.6) is 0 Å². The number of aliphatic carboxylic acids is 1. The Hall–Kier alpha value is -0.570. The van der Waals surface area contributed by atoms with Crippen LogP contribution in [0.3, 0.4) is 0 Å². The monoisotopic (exact) mass is 227 g/mol. The standard InChI is InChI=1S/C13H25NO2/c1-5-11(13(15)16)14(4)12-7-6-9(2)8-10(12)3/h9-12H,5-8H2,1-4H3,(H,15,16). The van der Waals surface area contributed by atoms with Crippen LogP contribution in [0.15, 0.2) is 0 Å². The number of hydrogen-bond acceptors (Lipinski definition) is 2. The van der Waals surface area contributed by atoms with Crippen molar-refractivity contribution in [2.24, 2.45) is 11.8 Å². The SMILES string of the molecule is CCC(C(=O)O)N(C)C1CCC(C)CC1C. The molecule has 1 saturated carbocycles. The summed E-state index contributed by atoms with van der Waals surface area (Å²) < 4.78 is 0. The molecule has 4 atom stereocenters. The molecule has 0 heterocycles. The van der Waals surface area contributed by atoms with E-state index in [0.717, 1.165) is 12.3 Å². The van der Waals surface area contributed by atoms with Crippen molar-refractivity contribution in [3.8, 4) is 0 Å². The van der Waals surface area contributed by atoms with Gasteiger partial charge in [-0.15, -0.1) is 0 Å². The second-order valence-electron chi connectivity index (χ2n) is 5.39. The maximum atomic E-state index is 11.1. The molecule has 0 aromatic heterocycles. The largest absolute Gasteiger partial charge is 0.480 e. The van der Waals surface area contributed by atoms with Gasteiger partial charge in [0.15, 0.2) is 0 Å². The summed E-state index contributed by atoms with van der Waals surface area (Å²) in [6.07, 6.45) is 4.29. The van der Waals surface area contributed by atoms with E-state index in [1.54, 1.807) is 0 Å². The van der Waals surface area contributed by atoms with Crippen LogP contribution in [-0.2, 0) is 4.79 Å². The van der Waals surface area contributed by atoms with E-state index in [0.29, 0.717) is 18.4 Å². The van der Waals surface area contributed by atoms with Crippen LogP contribution >= 0.6 is 0 Å². The van der Waals surface area contributed by atoms with Crippen LogP contribution < -0.4 is 0 Å². The molecule has 16 heavy (non-hydrogen) atoms. The minimum Gasteiger partial charge on any atom is -0.480 e. The summed E-state index contributed by atoms with van der Waals surface area (Å²) in [7, 11) is 1.97. The average molecular weight is 227 g/mol. The zero-order valence-electron chi connectivity index (χ0n) is 10.9. The van der Waals surface area contributed by atoms with Gasteiger partial charge in [-0.1, -0.05) is 20.8 Å². The molecule has 0 bridgehead atoms. The molecule has 1 N–H and O–H groups in total. The van der Waals surface area contributed by atoms with E-state index in [1.807, 2.05) is 14.0 Å². The van der Waals surface area contributed by atoms with E-state index in [9.17, 15) is 9.90 Å². The Morgan fingerprint density at radius 2 is 2.06 bits per heavy atom. The second kappa shape index (κ2) is 5.67. The van der Waals surface area contributed by atoms with Crippen molar-refractivity contribution < 1.29 is 9.90 Å². The molecule has 3 nitrogen and oxygen atoms in total. The van der Waals surface area contributed by atoms with E-state index in [2.05, 4.69) is 18.7 Å². The van der Waals surface area contributed by atoms with Crippen LogP contribution in [-0.4, -0.2) is 35.1 Å². The number of carbonyl (C=O) groups is 1. The van der Waals surface area contributed by atoms with Crippen molar-refractivity contribution in [2.75, 3.05) is 7.05 Å². The van der Waals surface area contributed by atoms with Gasteiger partial charge in [-0.2, -0.15) is 0 Å². The highest BCUT2D eigenvalue weighted by Gasteiger charge is 2.33. The van der Waals surface area contributed by atoms with Crippen LogP contribution in [0.1, 0.15) is 46.5 Å². The molecule has 94 valence electrons. The molecule has 0 radical (unpaired) electrons. The van der Waals surface area contributed by atoms with Gasteiger partial charge in [-0.05, 0) is 44.6 Å². The average Bonchev–Trinajstić information content (AvgIpc) is 2.17. The molecule has 0 aliphatic heterocycles. The van der Waals surface area contributed by atoms with Crippen LogP contribution in [0.2, 0.25) is 0 Å². The van der Waals surface area contributed by atoms with E-state index < -0.39 is 5.97 Å². The lowest BCUT2D eigenvalue weighted by Gasteiger charge is -2.41. The third-order valence-electron chi connectivity index (χ3n) is 4.07. The van der Waals surface area contributed by atoms with Crippen molar-refractivity contribution in [1.82, 2.24) is 4.90 Å². The molecule has 0 aromatic rings. The Kier molecular flexibility index (Phi) is 4.78. The van der Waals surface area contributed by atoms with Gasteiger partial charge in [0.1, 0.15) is 6.04 Å². The lowest BCUT2D eigenvalue weighted by Crippen LogP contribution is -2.48. The first-order chi connectivity index (χ1) is 7.47. The quantitative estimate of drug-likeness (QED) is 0.802. The minimum atomic E-state index is -0.684. The van der Waals surface area contributed by atoms with Gasteiger partial charge in [0.05, 0.1) is 0 Å². The molecule has 1 aliphatic carbocycles. The summed E-state index contributed by atoms with van der Waals surface area (Å²) in [5.41, 5.74) is 0. The van der Waals surface area contributed by atoms with Crippen molar-refractivity contribution in [3.63, 3.8) is 0 Å². The lowest BCUT2D eigenvalue weighted by atomic mass is 9.79. The number of nitrogens with zero attached hydrogens (tertiary/aromatic N) is 1. The first kappa shape index (κ1) is 13.5. The first-order valence-electron chi connectivity index (χ1n) is 6.42. The van der Waals surface area contributed by atoms with Gasteiger partial charge >= 0.3 is 5.97 Å². The van der Waals surface area contributed by atoms with Gasteiger partial charge in [0, 0.05) is 6.04 Å². The van der Waals surface area contributed by atoms with E-state index in [-0.39, 0.29) is 6.04 Å². The molecule has 3 heteroatoms. The third-order valence-corrected chi connectivity index (χ3v) is 4.07. The normalized spacial score (nSPS) is 32.7. The van der Waals surface area contributed by atoms with Crippen LogP contribution in [0.4, 0.5) is 0 Å². The summed E-state index contributed by atoms with van der Waals surface area (Å²) >= 11 is 0. The Morgan fingerprint density at radius 3 is 2.50 bits per heavy atom. The van der Waals surface area contributed by atoms with Gasteiger partial charge in [0.2, 0.25) is 0 Å². The van der Waals surface area contributed by atoms with Gasteiger partial charge < -0.3 is 5.11 Å². The van der Waals surface area contributed by atoms with Gasteiger partial charge in [-0.3, -0.25) is 9.69 Å². The zero-order chi connectivity index (χ0) is 12.3. The Morgan fingerprint density at radius 1 is 1.44 bits per heavy atom. The minimum absolute atomic E-state index is 0.319. The van der Waals surface area contributed by atoms with E-state index in [1.165, 1.54) is 12.8 Å². The van der Waals surface area contributed by atoms with Crippen LogP contribution in [0.25, 0.3) is 0 Å². The number of carboxylic acids is 1. The maximum absolute atomic E-state index is 11.1. The lowest BCUT2D eigenvalue weighted by molar-refractivity contribution is -0.144. The number of rotatable bonds is 4. The molecule has 1 fully saturated rings. The van der Waals surface area contributed by atoms with Crippen LogP contribution in [0, 0.1) is 11.8 Å². The predicted octanol–water partition coefficient (Wildman–Crippen LogP) is 2.61. The summed E-state index contributed by atoms with van der Waals surface area (Å²) in [4.78, 5) is 13.2. The second-order valence-corrected chi connectivity index (χ2v) is 5.39. The molecular weight excluding hydrogens is 202 g/mol. The Bertz CT molecular complexity index is 242. The Balaban J connectivity index is 2.65. The maximum Gasteiger partial charge on any atom is 0.320 e. The smallest absolute Gasteiger partial charge is 0.320 e. The van der Waals surface area contributed by atoms with Crippen molar-refractivity contribution in [3.05, 3.63) is 0 Å². The number of likely N-dealkylation sites (N-methyl/N-ethyl adjacent to an activating group) is 1. The molecule has 1 rings (SSSR count). The number of carboxylic acid groups (broad SMARTS) is 1. The summed E-state index contributed by atoms with van der Waals surface area (Å²) in [6, 6.07) is 0.123. The zero-order valence-corrected chi connectivity index (χ0v) is 10.9. The highest BCUT2D eigenvalue weighted by atomic mass is 16.4. The summed E-state index contributed by atoms with van der Waals surface area (Å²) in [5, 5.41) is 9.17. The fourth-order valence-corrected chi connectivity index (χ4v) is 3.12. The summed E-state index contributed by atoms with van der Waals surface area (Å²) in [6.45, 7) is 6.50. The van der Waals surface area contributed by atoms with E-state index in [4.69, 9.17) is 0 Å². The highest BCUT2D eigenvalue weighted by Crippen LogP contribution is 2.32. The highest BCUT2D eigenvalue weighted by molar-refractivity contribution is 5.73. The summed E-state index contributed by atoms with van der Waals surface area (Å²) in [5.74, 6) is 0.725. The van der Waals surface area contributed by atoms with Crippen molar-refractivity contribution >= 4 is 5.97 Å². The predicted molar refractivity (Wildman–Crippen MR) is 65.4 cm³/mol. The Labute approximate surface area is 98.8 Å². The molecule has 0 saturated heterocycles. The molecule has 1 aliphatic rings. The van der Waals surface area contributed by atoms with Gasteiger partial charge in [0.25, 0.3) is 0 Å². The molecule has 4 unspecified atom stereocenters. The fraction of sp³-hybridized carbons (Fsp3) is 0.923. The molecule has 0 spiro atoms. The molecular formula is C13H25NO2. The molecule has 0 amide bonds. The fourth-order valence-electron chi connectivity index (χ4n) is 3.12. The number of hydrogen-bond donors (Lipinski definition) is 1. The first-order valence-corrected chi connectivity index (χ1v) is 6.42. The van der Waals surface area contributed by atoms with Crippen molar-refractivity contribution in [2.45, 2.75) is 58.5 Å².